The van der Waals surface area contributed by atoms with Gasteiger partial charge < -0.3 is 30.4 Å². The van der Waals surface area contributed by atoms with E-state index in [1.54, 1.807) is 17.8 Å². The van der Waals surface area contributed by atoms with Crippen LogP contribution in [0, 0.1) is 6.92 Å². The molecule has 2 aromatic rings. The summed E-state index contributed by atoms with van der Waals surface area (Å²) < 4.78 is 6.79. The second-order valence-electron chi connectivity index (χ2n) is 6.03. The molecule has 1 saturated heterocycles. The van der Waals surface area contributed by atoms with Crippen LogP contribution in [0.2, 0.25) is 0 Å². The molecule has 5 N–H and O–H groups in total. The van der Waals surface area contributed by atoms with Gasteiger partial charge in [0.2, 0.25) is 0 Å². The van der Waals surface area contributed by atoms with Gasteiger partial charge in [-0.2, -0.15) is 0 Å². The normalized spacial score (nSPS) is 23.1. The number of hydrogen-bond acceptors (Lipinski definition) is 8. The predicted molar refractivity (Wildman–Crippen MR) is 84.4 cm³/mol. The number of aromatic nitrogens is 3. The molecule has 1 aliphatic heterocycles. The van der Waals surface area contributed by atoms with E-state index in [0.717, 1.165) is 0 Å². The van der Waals surface area contributed by atoms with Gasteiger partial charge in [-0.15, -0.1) is 5.10 Å². The molecule has 136 valence electrons. The number of aliphatic hydroxyl groups is 3. The van der Waals surface area contributed by atoms with Gasteiger partial charge in [0.1, 0.15) is 23.8 Å². The number of nitrogens with zero attached hydrogens (tertiary/aromatic N) is 3. The molecule has 0 unspecified atom stereocenters. The fourth-order valence-electron chi connectivity index (χ4n) is 2.78. The Kier molecular flexibility index (Phi) is 5.13. The van der Waals surface area contributed by atoms with E-state index < -0.39 is 12.2 Å². The summed E-state index contributed by atoms with van der Waals surface area (Å²) in [5, 5.41) is 42.0. The highest BCUT2D eigenvalue weighted by Crippen LogP contribution is 2.14. The molecule has 0 radical (unpaired) electrons. The summed E-state index contributed by atoms with van der Waals surface area (Å²) in [6.45, 7) is 2.27. The molecule has 10 heteroatoms. The zero-order valence-electron chi connectivity index (χ0n) is 13.7. The van der Waals surface area contributed by atoms with Gasteiger partial charge in [-0.25, -0.2) is 0 Å². The molecule has 0 bridgehead atoms. The first kappa shape index (κ1) is 17.5. The van der Waals surface area contributed by atoms with Gasteiger partial charge in [0, 0.05) is 6.54 Å². The molecule has 10 nitrogen and oxygen atoms in total. The largest absolute Gasteiger partial charge is 0.463 e. The molecule has 0 saturated carbocycles. The number of carbonyl (C=O) groups excluding carboxylic acids is 1. The molecular formula is C15H21N5O5. The van der Waals surface area contributed by atoms with Crippen LogP contribution in [0.4, 0.5) is 0 Å². The first-order valence-corrected chi connectivity index (χ1v) is 7.95. The number of nitrogens with one attached hydrogen (secondary N) is 2. The maximum atomic E-state index is 12.2. The van der Waals surface area contributed by atoms with E-state index in [9.17, 15) is 15.0 Å². The van der Waals surface area contributed by atoms with Gasteiger partial charge in [0.25, 0.3) is 5.91 Å². The number of furan rings is 1. The monoisotopic (exact) mass is 351 g/mol. The lowest BCUT2D eigenvalue weighted by Crippen LogP contribution is -2.36. The van der Waals surface area contributed by atoms with Crippen molar-refractivity contribution in [2.24, 2.45) is 0 Å². The summed E-state index contributed by atoms with van der Waals surface area (Å²) in [7, 11) is 0. The quantitative estimate of drug-likeness (QED) is 0.414. The molecule has 3 heterocycles. The van der Waals surface area contributed by atoms with E-state index in [-0.39, 0.29) is 25.1 Å². The lowest BCUT2D eigenvalue weighted by molar-refractivity contribution is 0.0372. The predicted octanol–water partition coefficient (Wildman–Crippen LogP) is -1.70. The highest BCUT2D eigenvalue weighted by Gasteiger charge is 2.33. The van der Waals surface area contributed by atoms with Crippen molar-refractivity contribution in [1.82, 2.24) is 25.6 Å². The number of aliphatic hydroxyl groups excluding tert-OH is 3. The fourth-order valence-corrected chi connectivity index (χ4v) is 2.78. The van der Waals surface area contributed by atoms with Gasteiger partial charge in [-0.1, -0.05) is 5.21 Å². The molecule has 0 aliphatic carbocycles. The minimum absolute atomic E-state index is 0.182. The van der Waals surface area contributed by atoms with E-state index >= 15 is 0 Å². The van der Waals surface area contributed by atoms with Crippen molar-refractivity contribution in [2.75, 3.05) is 6.54 Å². The Morgan fingerprint density at radius 1 is 1.52 bits per heavy atom. The zero-order chi connectivity index (χ0) is 18.0. The van der Waals surface area contributed by atoms with Crippen LogP contribution in [0.1, 0.15) is 27.6 Å². The van der Waals surface area contributed by atoms with Crippen molar-refractivity contribution < 1.29 is 24.5 Å². The third-order valence-electron chi connectivity index (χ3n) is 4.16. The molecule has 3 atom stereocenters. The molecule has 1 amide bonds. The number of carbonyl (C=O) groups is 1. The second kappa shape index (κ2) is 7.31. The molecule has 3 rings (SSSR count). The number of β-amino-alcohol motifs (C(OH)–C–C–N with tert-alkyl or cyclic N) is 1. The Morgan fingerprint density at radius 2 is 2.32 bits per heavy atom. The van der Waals surface area contributed by atoms with Crippen LogP contribution in [-0.2, 0) is 19.7 Å². The maximum Gasteiger partial charge on any atom is 0.255 e. The van der Waals surface area contributed by atoms with Crippen molar-refractivity contribution in [3.05, 3.63) is 35.0 Å². The lowest BCUT2D eigenvalue weighted by Gasteiger charge is -2.15. The SMILES string of the molecule is Cc1oc(CO)cc1C(=O)NCc1cn(C[C@@H]2NC[C@@H](O)[C@H]2O)nn1. The average molecular weight is 351 g/mol. The summed E-state index contributed by atoms with van der Waals surface area (Å²) in [5.74, 6) is 0.440. The van der Waals surface area contributed by atoms with Gasteiger partial charge >= 0.3 is 0 Å². The Bertz CT molecular complexity index is 743. The van der Waals surface area contributed by atoms with Crippen LogP contribution >= 0.6 is 0 Å². The van der Waals surface area contributed by atoms with E-state index in [1.165, 1.54) is 6.07 Å². The number of aryl methyl sites for hydroxylation is 1. The molecule has 0 spiro atoms. The summed E-state index contributed by atoms with van der Waals surface area (Å²) >= 11 is 0. The highest BCUT2D eigenvalue weighted by atomic mass is 16.4. The minimum Gasteiger partial charge on any atom is -0.463 e. The van der Waals surface area contributed by atoms with E-state index in [0.29, 0.717) is 35.9 Å². The van der Waals surface area contributed by atoms with Crippen molar-refractivity contribution in [3.8, 4) is 0 Å². The molecular weight excluding hydrogens is 330 g/mol. The Labute approximate surface area is 143 Å². The molecule has 1 aliphatic rings. The maximum absolute atomic E-state index is 12.2. The highest BCUT2D eigenvalue weighted by molar-refractivity contribution is 5.95. The van der Waals surface area contributed by atoms with Crippen LogP contribution in [-0.4, -0.2) is 61.0 Å². The number of amides is 1. The lowest BCUT2D eigenvalue weighted by atomic mass is 10.1. The Hall–Kier alpha value is -2.27. The van der Waals surface area contributed by atoms with Crippen LogP contribution < -0.4 is 10.6 Å². The number of hydrogen-bond donors (Lipinski definition) is 5. The van der Waals surface area contributed by atoms with Crippen molar-refractivity contribution in [1.29, 1.82) is 0 Å². The summed E-state index contributed by atoms with van der Waals surface area (Å²) in [6.07, 6.45) is 0.0345. The summed E-state index contributed by atoms with van der Waals surface area (Å²) in [4.78, 5) is 12.2. The summed E-state index contributed by atoms with van der Waals surface area (Å²) in [6, 6.07) is 1.20. The fraction of sp³-hybridized carbons (Fsp3) is 0.533. The van der Waals surface area contributed by atoms with Crippen LogP contribution in [0.15, 0.2) is 16.7 Å². The van der Waals surface area contributed by atoms with Crippen LogP contribution in [0.3, 0.4) is 0 Å². The zero-order valence-corrected chi connectivity index (χ0v) is 13.7. The van der Waals surface area contributed by atoms with E-state index in [1.807, 2.05) is 0 Å². The average Bonchev–Trinajstić information content (AvgIpc) is 3.28. The van der Waals surface area contributed by atoms with Crippen LogP contribution in [0.25, 0.3) is 0 Å². The van der Waals surface area contributed by atoms with E-state index in [4.69, 9.17) is 9.52 Å². The van der Waals surface area contributed by atoms with Crippen molar-refractivity contribution in [3.63, 3.8) is 0 Å². The Morgan fingerprint density at radius 3 is 2.96 bits per heavy atom. The van der Waals surface area contributed by atoms with Gasteiger partial charge in [-0.3, -0.25) is 9.48 Å². The molecule has 0 aromatic carbocycles. The van der Waals surface area contributed by atoms with Crippen LogP contribution in [0.5, 0.6) is 0 Å². The third-order valence-corrected chi connectivity index (χ3v) is 4.16. The molecule has 25 heavy (non-hydrogen) atoms. The summed E-state index contributed by atoms with van der Waals surface area (Å²) in [5.41, 5.74) is 0.925. The first-order valence-electron chi connectivity index (χ1n) is 7.95. The Balaban J connectivity index is 1.54. The minimum atomic E-state index is -0.850. The number of rotatable bonds is 6. The smallest absolute Gasteiger partial charge is 0.255 e. The third kappa shape index (κ3) is 3.87. The van der Waals surface area contributed by atoms with Gasteiger partial charge in [0.15, 0.2) is 0 Å². The first-order chi connectivity index (χ1) is 12.0. The second-order valence-corrected chi connectivity index (χ2v) is 6.03. The van der Waals surface area contributed by atoms with Gasteiger partial charge in [-0.05, 0) is 13.0 Å². The van der Waals surface area contributed by atoms with Crippen molar-refractivity contribution >= 4 is 5.91 Å². The molecule has 1 fully saturated rings. The standard InChI is InChI=1S/C15H21N5O5/c1-8-11(2-10(7-21)25-8)15(24)17-3-9-5-20(19-18-9)6-12-14(23)13(22)4-16-12/h2,5,12-14,16,21-23H,3-4,6-7H2,1H3,(H,17,24)/t12-,13+,14-/m0/s1. The van der Waals surface area contributed by atoms with E-state index in [2.05, 4.69) is 20.9 Å². The topological polar surface area (TPSA) is 146 Å². The van der Waals surface area contributed by atoms with Gasteiger partial charge in [0.05, 0.1) is 43.1 Å². The molecule has 2 aromatic heterocycles. The van der Waals surface area contributed by atoms with Crippen molar-refractivity contribution in [2.45, 2.75) is 44.9 Å².